The van der Waals surface area contributed by atoms with Crippen LogP contribution in [0, 0.1) is 0 Å². The number of aromatic nitrogens is 4. The van der Waals surface area contributed by atoms with Gasteiger partial charge in [-0.2, -0.15) is 0 Å². The molecule has 6 heteroatoms. The minimum atomic E-state index is 0.545. The lowest BCUT2D eigenvalue weighted by atomic mass is 9.96. The van der Waals surface area contributed by atoms with E-state index in [9.17, 15) is 0 Å². The molecule has 14 rings (SSSR count). The highest BCUT2D eigenvalue weighted by atomic mass is 16.3. The highest BCUT2D eigenvalue weighted by Gasteiger charge is 2.22. The molecule has 0 fully saturated rings. The zero-order chi connectivity index (χ0) is 45.4. The van der Waals surface area contributed by atoms with Crippen molar-refractivity contribution in [3.05, 3.63) is 231 Å². The van der Waals surface area contributed by atoms with Gasteiger partial charge in [0.2, 0.25) is 0 Å². The van der Waals surface area contributed by atoms with Crippen molar-refractivity contribution in [2.45, 2.75) is 0 Å². The number of para-hydroxylation sites is 2. The molecule has 0 bridgehead atoms. The maximum Gasteiger partial charge on any atom is 0.164 e. The van der Waals surface area contributed by atoms with Crippen molar-refractivity contribution in [1.82, 2.24) is 19.5 Å². The van der Waals surface area contributed by atoms with Crippen molar-refractivity contribution >= 4 is 65.7 Å². The van der Waals surface area contributed by atoms with Gasteiger partial charge in [0.25, 0.3) is 0 Å². The number of rotatable bonds is 7. The first-order chi connectivity index (χ1) is 34.2. The molecule has 0 atom stereocenters. The minimum Gasteiger partial charge on any atom is -0.456 e. The van der Waals surface area contributed by atoms with Crippen molar-refractivity contribution in [3.8, 4) is 73.2 Å². The molecule has 0 aliphatic carbocycles. The van der Waals surface area contributed by atoms with Crippen LogP contribution in [0.15, 0.2) is 239 Å². The third kappa shape index (κ3) is 6.45. The Bertz CT molecular complexity index is 4300. The second kappa shape index (κ2) is 15.6. The standard InChI is InChI=1S/C63H38N4O2/c1-4-16-39(17-5-1)42-22-14-23-46(34-42)67-53-27-12-10-24-47(53)51-35-43(30-32-54(51)67)44-31-33-56-52(36-44)60-49(26-15-29-57(60)68-56)63-65-61(41-20-8-3-9-21-41)64-62(66-63)45-37-50(40-18-6-2-7-19-40)59-48-25-11-13-28-55(48)69-58(59)38-45/h1-38H. The Kier molecular flexibility index (Phi) is 8.79. The zero-order valence-electron chi connectivity index (χ0n) is 37.0. The lowest BCUT2D eigenvalue weighted by molar-refractivity contribution is 0.668. The van der Waals surface area contributed by atoms with E-state index < -0.39 is 0 Å². The summed E-state index contributed by atoms with van der Waals surface area (Å²) in [6.45, 7) is 0. The first-order valence-electron chi connectivity index (χ1n) is 23.2. The number of hydrogen-bond acceptors (Lipinski definition) is 5. The Morgan fingerprint density at radius 3 is 1.64 bits per heavy atom. The van der Waals surface area contributed by atoms with Gasteiger partial charge in [0.15, 0.2) is 17.5 Å². The van der Waals surface area contributed by atoms with Crippen LogP contribution in [0.1, 0.15) is 0 Å². The van der Waals surface area contributed by atoms with Crippen LogP contribution in [0.4, 0.5) is 0 Å². The van der Waals surface area contributed by atoms with Crippen LogP contribution in [0.2, 0.25) is 0 Å². The van der Waals surface area contributed by atoms with Crippen LogP contribution in [0.5, 0.6) is 0 Å². The maximum absolute atomic E-state index is 6.61. The van der Waals surface area contributed by atoms with Crippen molar-refractivity contribution in [3.63, 3.8) is 0 Å². The van der Waals surface area contributed by atoms with Gasteiger partial charge in [0.1, 0.15) is 22.3 Å². The van der Waals surface area contributed by atoms with E-state index in [2.05, 4.69) is 174 Å². The lowest BCUT2D eigenvalue weighted by Crippen LogP contribution is -2.00. The molecular formula is C63H38N4O2. The van der Waals surface area contributed by atoms with E-state index in [0.717, 1.165) is 99.5 Å². The Hall–Kier alpha value is -9.39. The summed E-state index contributed by atoms with van der Waals surface area (Å²) in [7, 11) is 0. The Morgan fingerprint density at radius 2 is 0.826 bits per heavy atom. The third-order valence-electron chi connectivity index (χ3n) is 13.4. The molecule has 0 aliphatic rings. The fourth-order valence-corrected chi connectivity index (χ4v) is 10.2. The maximum atomic E-state index is 6.61. The summed E-state index contributed by atoms with van der Waals surface area (Å²) >= 11 is 0. The van der Waals surface area contributed by atoms with Crippen molar-refractivity contribution in [2.24, 2.45) is 0 Å². The van der Waals surface area contributed by atoms with Gasteiger partial charge in [-0.3, -0.25) is 0 Å². The van der Waals surface area contributed by atoms with Crippen LogP contribution < -0.4 is 0 Å². The quantitative estimate of drug-likeness (QED) is 0.159. The molecule has 0 saturated heterocycles. The average molecular weight is 883 g/mol. The van der Waals surface area contributed by atoms with Gasteiger partial charge in [-0.1, -0.05) is 164 Å². The van der Waals surface area contributed by atoms with E-state index in [1.54, 1.807) is 0 Å². The fraction of sp³-hybridized carbons (Fsp3) is 0. The molecular weight excluding hydrogens is 845 g/mol. The van der Waals surface area contributed by atoms with E-state index in [4.69, 9.17) is 23.8 Å². The molecule has 322 valence electrons. The number of benzene rings is 10. The molecule has 6 nitrogen and oxygen atoms in total. The Morgan fingerprint density at radius 1 is 0.275 bits per heavy atom. The van der Waals surface area contributed by atoms with Gasteiger partial charge >= 0.3 is 0 Å². The van der Waals surface area contributed by atoms with Crippen molar-refractivity contribution < 1.29 is 8.83 Å². The zero-order valence-corrected chi connectivity index (χ0v) is 37.0. The largest absolute Gasteiger partial charge is 0.456 e. The molecule has 4 aromatic heterocycles. The van der Waals surface area contributed by atoms with Crippen LogP contribution in [0.25, 0.3) is 139 Å². The third-order valence-corrected chi connectivity index (χ3v) is 13.4. The summed E-state index contributed by atoms with van der Waals surface area (Å²) in [6, 6.07) is 80.5. The summed E-state index contributed by atoms with van der Waals surface area (Å²) in [5, 5.41) is 6.44. The van der Waals surface area contributed by atoms with Crippen molar-refractivity contribution in [2.75, 3.05) is 0 Å². The second-order valence-electron chi connectivity index (χ2n) is 17.5. The smallest absolute Gasteiger partial charge is 0.164 e. The van der Waals surface area contributed by atoms with Crippen LogP contribution in [-0.2, 0) is 0 Å². The summed E-state index contributed by atoms with van der Waals surface area (Å²) in [5.74, 6) is 1.67. The first kappa shape index (κ1) is 38.8. The fourth-order valence-electron chi connectivity index (χ4n) is 10.2. The summed E-state index contributed by atoms with van der Waals surface area (Å²) in [5.41, 5.74) is 15.9. The minimum absolute atomic E-state index is 0.545. The van der Waals surface area contributed by atoms with Crippen molar-refractivity contribution in [1.29, 1.82) is 0 Å². The monoisotopic (exact) mass is 882 g/mol. The summed E-state index contributed by atoms with van der Waals surface area (Å²) in [6.07, 6.45) is 0. The van der Waals surface area contributed by atoms with E-state index in [0.29, 0.717) is 17.5 Å². The predicted molar refractivity (Wildman–Crippen MR) is 281 cm³/mol. The highest BCUT2D eigenvalue weighted by Crippen LogP contribution is 2.43. The van der Waals surface area contributed by atoms with Gasteiger partial charge in [-0.05, 0) is 100 Å². The molecule has 4 heterocycles. The lowest BCUT2D eigenvalue weighted by Gasteiger charge is -2.11. The average Bonchev–Trinajstić information content (AvgIpc) is 4.10. The predicted octanol–water partition coefficient (Wildman–Crippen LogP) is 16.8. The van der Waals surface area contributed by atoms with Gasteiger partial charge in [0, 0.05) is 54.7 Å². The van der Waals surface area contributed by atoms with Gasteiger partial charge in [0.05, 0.1) is 11.0 Å². The molecule has 0 amide bonds. The molecule has 69 heavy (non-hydrogen) atoms. The number of furan rings is 2. The van der Waals surface area contributed by atoms with Crippen LogP contribution >= 0.6 is 0 Å². The Labute approximate surface area is 396 Å². The van der Waals surface area contributed by atoms with E-state index in [1.807, 2.05) is 60.7 Å². The SMILES string of the molecule is c1ccc(-c2cccc(-n3c4ccccc4c4cc(-c5ccc6oc7cccc(-c8nc(-c9ccccc9)nc(-c9cc(-c%10ccccc%10)c%10c(c9)oc9ccccc9%10)n8)c7c6c5)ccc43)c2)cc1. The van der Waals surface area contributed by atoms with E-state index >= 15 is 0 Å². The van der Waals surface area contributed by atoms with Crippen LogP contribution in [0.3, 0.4) is 0 Å². The van der Waals surface area contributed by atoms with E-state index in [-0.39, 0.29) is 0 Å². The normalized spacial score (nSPS) is 11.8. The number of fused-ring (bicyclic) bond motifs is 9. The van der Waals surface area contributed by atoms with Gasteiger partial charge in [-0.25, -0.2) is 15.0 Å². The topological polar surface area (TPSA) is 69.9 Å². The van der Waals surface area contributed by atoms with Crippen LogP contribution in [-0.4, -0.2) is 19.5 Å². The molecule has 14 aromatic rings. The molecule has 0 aliphatic heterocycles. The highest BCUT2D eigenvalue weighted by molar-refractivity contribution is 6.15. The molecule has 0 spiro atoms. The summed E-state index contributed by atoms with van der Waals surface area (Å²) < 4.78 is 15.5. The Balaban J connectivity index is 0.932. The first-order valence-corrected chi connectivity index (χ1v) is 23.2. The summed E-state index contributed by atoms with van der Waals surface area (Å²) in [4.78, 5) is 15.7. The molecule has 0 N–H and O–H groups in total. The van der Waals surface area contributed by atoms with Gasteiger partial charge in [-0.15, -0.1) is 0 Å². The molecule has 0 radical (unpaired) electrons. The second-order valence-corrected chi connectivity index (χ2v) is 17.5. The van der Waals surface area contributed by atoms with E-state index in [1.165, 1.54) is 21.9 Å². The number of nitrogens with zero attached hydrogens (tertiary/aromatic N) is 4. The van der Waals surface area contributed by atoms with Gasteiger partial charge < -0.3 is 13.4 Å². The molecule has 0 saturated carbocycles. The molecule has 10 aromatic carbocycles. The number of hydrogen-bond donors (Lipinski definition) is 0. The molecule has 0 unspecified atom stereocenters.